The molecule has 0 N–H and O–H groups in total. The lowest BCUT2D eigenvalue weighted by molar-refractivity contribution is 0.332. The van der Waals surface area contributed by atoms with Crippen molar-refractivity contribution in [1.29, 1.82) is 0 Å². The Labute approximate surface area is 76.7 Å². The molecule has 0 radical (unpaired) electrons. The van der Waals surface area contributed by atoms with Crippen molar-refractivity contribution in [2.24, 2.45) is 0 Å². The van der Waals surface area contributed by atoms with Gasteiger partial charge in [0.05, 0.1) is 6.61 Å². The van der Waals surface area contributed by atoms with Gasteiger partial charge >= 0.3 is 0 Å². The molecule has 0 saturated heterocycles. The van der Waals surface area contributed by atoms with Gasteiger partial charge in [-0.2, -0.15) is 0 Å². The van der Waals surface area contributed by atoms with Gasteiger partial charge in [-0.15, -0.1) is 12.6 Å². The highest BCUT2D eigenvalue weighted by Crippen LogP contribution is 2.25. The van der Waals surface area contributed by atoms with Crippen LogP contribution in [0.5, 0.6) is 5.75 Å². The van der Waals surface area contributed by atoms with Crippen LogP contribution in [0.3, 0.4) is 0 Å². The number of hydrogen-bond acceptors (Lipinski definition) is 2. The predicted molar refractivity (Wildman–Crippen MR) is 49.9 cm³/mol. The molecule has 1 rings (SSSR count). The van der Waals surface area contributed by atoms with Crippen LogP contribution < -0.4 is 4.74 Å². The van der Waals surface area contributed by atoms with Gasteiger partial charge in [-0.3, -0.25) is 0 Å². The summed E-state index contributed by atoms with van der Waals surface area (Å²) in [6.45, 7) is 2.56. The van der Waals surface area contributed by atoms with Crippen molar-refractivity contribution in [1.82, 2.24) is 0 Å². The fourth-order valence-corrected chi connectivity index (χ4v) is 1.12. The summed E-state index contributed by atoms with van der Waals surface area (Å²) in [4.78, 5) is 0.816. The molecule has 60 valence electrons. The Bertz CT molecular complexity index is 250. The molecule has 0 aliphatic carbocycles. The van der Waals surface area contributed by atoms with Gasteiger partial charge in [0.15, 0.2) is 0 Å². The molecular weight excluding hydrogens is 180 g/mol. The summed E-state index contributed by atoms with van der Waals surface area (Å²) < 4.78 is 5.26. The molecule has 0 aliphatic heterocycles. The molecule has 0 fully saturated rings. The van der Waals surface area contributed by atoms with Gasteiger partial charge in [0.2, 0.25) is 0 Å². The van der Waals surface area contributed by atoms with E-state index < -0.39 is 0 Å². The first-order valence-electron chi connectivity index (χ1n) is 3.35. The first kappa shape index (κ1) is 8.75. The largest absolute Gasteiger partial charge is 0.493 e. The minimum absolute atomic E-state index is 0.633. The van der Waals surface area contributed by atoms with E-state index in [9.17, 15) is 0 Å². The van der Waals surface area contributed by atoms with Crippen LogP contribution in [0.25, 0.3) is 0 Å². The van der Waals surface area contributed by atoms with Crippen LogP contribution in [0.2, 0.25) is 5.02 Å². The summed E-state index contributed by atoms with van der Waals surface area (Å²) in [5.41, 5.74) is 0. The van der Waals surface area contributed by atoms with Crippen molar-refractivity contribution in [3.8, 4) is 5.75 Å². The first-order chi connectivity index (χ1) is 5.24. The zero-order valence-electron chi connectivity index (χ0n) is 6.17. The Hall–Kier alpha value is -0.340. The van der Waals surface area contributed by atoms with Gasteiger partial charge in [0, 0.05) is 9.92 Å². The highest BCUT2D eigenvalue weighted by atomic mass is 35.5. The van der Waals surface area contributed by atoms with E-state index in [1.54, 1.807) is 12.1 Å². The van der Waals surface area contributed by atoms with Crippen molar-refractivity contribution >= 4 is 24.2 Å². The molecule has 1 aromatic carbocycles. The van der Waals surface area contributed by atoms with Gasteiger partial charge in [-0.05, 0) is 25.1 Å². The number of ether oxygens (including phenoxy) is 1. The quantitative estimate of drug-likeness (QED) is 0.702. The topological polar surface area (TPSA) is 9.23 Å². The number of halogens is 1. The second kappa shape index (κ2) is 3.88. The summed E-state index contributed by atoms with van der Waals surface area (Å²) >= 11 is 9.93. The predicted octanol–water partition coefficient (Wildman–Crippen LogP) is 3.03. The lowest BCUT2D eigenvalue weighted by Gasteiger charge is -2.05. The van der Waals surface area contributed by atoms with E-state index in [1.165, 1.54) is 0 Å². The Balaban J connectivity index is 2.93. The first-order valence-corrected chi connectivity index (χ1v) is 4.18. The molecule has 3 heteroatoms. The zero-order chi connectivity index (χ0) is 8.27. The van der Waals surface area contributed by atoms with E-state index in [2.05, 4.69) is 12.6 Å². The van der Waals surface area contributed by atoms with Crippen LogP contribution in [-0.4, -0.2) is 6.61 Å². The maximum Gasteiger partial charge on any atom is 0.134 e. The molecule has 1 aromatic rings. The normalized spacial score (nSPS) is 9.73. The highest BCUT2D eigenvalue weighted by Gasteiger charge is 1.98. The van der Waals surface area contributed by atoms with Gasteiger partial charge < -0.3 is 4.74 Å². The van der Waals surface area contributed by atoms with E-state index in [1.807, 2.05) is 13.0 Å². The van der Waals surface area contributed by atoms with E-state index in [-0.39, 0.29) is 0 Å². The third-order valence-electron chi connectivity index (χ3n) is 1.22. The average molecular weight is 189 g/mol. The third kappa shape index (κ3) is 2.31. The molecule has 0 spiro atoms. The molecule has 11 heavy (non-hydrogen) atoms. The van der Waals surface area contributed by atoms with Gasteiger partial charge in [0.1, 0.15) is 5.75 Å². The SMILES string of the molecule is CCOc1cc(Cl)ccc1S. The van der Waals surface area contributed by atoms with E-state index in [0.29, 0.717) is 11.6 Å². The number of benzene rings is 1. The highest BCUT2D eigenvalue weighted by molar-refractivity contribution is 7.80. The van der Waals surface area contributed by atoms with Crippen LogP contribution in [0.15, 0.2) is 23.1 Å². The van der Waals surface area contributed by atoms with Gasteiger partial charge in [-0.25, -0.2) is 0 Å². The maximum absolute atomic E-state index is 5.74. The fourth-order valence-electron chi connectivity index (χ4n) is 0.759. The van der Waals surface area contributed by atoms with Crippen LogP contribution in [0.1, 0.15) is 6.92 Å². The molecule has 0 amide bonds. The van der Waals surface area contributed by atoms with Gasteiger partial charge in [0.25, 0.3) is 0 Å². The number of hydrogen-bond donors (Lipinski definition) is 1. The summed E-state index contributed by atoms with van der Waals surface area (Å²) in [6, 6.07) is 5.36. The third-order valence-corrected chi connectivity index (χ3v) is 1.83. The Morgan fingerprint density at radius 2 is 2.27 bits per heavy atom. The number of thiol groups is 1. The van der Waals surface area contributed by atoms with E-state index in [0.717, 1.165) is 10.6 Å². The molecule has 1 nitrogen and oxygen atoms in total. The van der Waals surface area contributed by atoms with Crippen LogP contribution in [-0.2, 0) is 0 Å². The zero-order valence-corrected chi connectivity index (χ0v) is 7.82. The van der Waals surface area contributed by atoms with Crippen molar-refractivity contribution in [2.75, 3.05) is 6.61 Å². The van der Waals surface area contributed by atoms with Crippen LogP contribution >= 0.6 is 24.2 Å². The lowest BCUT2D eigenvalue weighted by atomic mass is 10.3. The molecule has 0 bridgehead atoms. The Kier molecular flexibility index (Phi) is 3.09. The maximum atomic E-state index is 5.74. The molecular formula is C8H9ClOS. The number of rotatable bonds is 2. The van der Waals surface area contributed by atoms with E-state index in [4.69, 9.17) is 16.3 Å². The average Bonchev–Trinajstić information content (AvgIpc) is 1.98. The Morgan fingerprint density at radius 3 is 2.91 bits per heavy atom. The van der Waals surface area contributed by atoms with E-state index >= 15 is 0 Å². The molecule has 0 heterocycles. The monoisotopic (exact) mass is 188 g/mol. The molecule has 0 atom stereocenters. The van der Waals surface area contributed by atoms with Crippen molar-refractivity contribution < 1.29 is 4.74 Å². The summed E-state index contributed by atoms with van der Waals surface area (Å²) in [5, 5.41) is 0.672. The summed E-state index contributed by atoms with van der Waals surface area (Å²) in [7, 11) is 0. The molecule has 0 aliphatic rings. The smallest absolute Gasteiger partial charge is 0.134 e. The van der Waals surface area contributed by atoms with Crippen LogP contribution in [0, 0.1) is 0 Å². The van der Waals surface area contributed by atoms with Crippen molar-refractivity contribution in [3.05, 3.63) is 23.2 Å². The summed E-state index contributed by atoms with van der Waals surface area (Å²) in [5.74, 6) is 0.739. The minimum Gasteiger partial charge on any atom is -0.493 e. The molecule has 0 saturated carbocycles. The molecule has 0 unspecified atom stereocenters. The van der Waals surface area contributed by atoms with Crippen molar-refractivity contribution in [2.45, 2.75) is 11.8 Å². The van der Waals surface area contributed by atoms with Crippen LogP contribution in [0.4, 0.5) is 0 Å². The minimum atomic E-state index is 0.633. The fraction of sp³-hybridized carbons (Fsp3) is 0.250. The standard InChI is InChI=1S/C8H9ClOS/c1-2-10-7-5-6(9)3-4-8(7)11/h3-5,11H,2H2,1H3. The summed E-state index contributed by atoms with van der Waals surface area (Å²) in [6.07, 6.45) is 0. The second-order valence-corrected chi connectivity index (χ2v) is 2.96. The molecule has 0 aromatic heterocycles. The van der Waals surface area contributed by atoms with Gasteiger partial charge in [-0.1, -0.05) is 11.6 Å². The second-order valence-electron chi connectivity index (χ2n) is 2.05. The lowest BCUT2D eigenvalue weighted by Crippen LogP contribution is -1.91. The van der Waals surface area contributed by atoms with Crippen molar-refractivity contribution in [3.63, 3.8) is 0 Å². The Morgan fingerprint density at radius 1 is 1.55 bits per heavy atom.